The molecule has 12 heavy (non-hydrogen) atoms. The molecule has 0 aliphatic carbocycles. The maximum atomic E-state index is 11.2. The van der Waals surface area contributed by atoms with E-state index in [1.807, 2.05) is 0 Å². The van der Waals surface area contributed by atoms with Crippen molar-refractivity contribution in [2.75, 3.05) is 13.1 Å². The van der Waals surface area contributed by atoms with Crippen molar-refractivity contribution in [2.45, 2.75) is 6.92 Å². The van der Waals surface area contributed by atoms with Crippen molar-refractivity contribution in [1.29, 1.82) is 0 Å². The molecule has 0 N–H and O–H groups in total. The predicted octanol–water partition coefficient (Wildman–Crippen LogP) is 1.87. The van der Waals surface area contributed by atoms with Gasteiger partial charge < -0.3 is 4.90 Å². The van der Waals surface area contributed by atoms with Crippen molar-refractivity contribution >= 4 is 12.2 Å². The van der Waals surface area contributed by atoms with E-state index in [2.05, 4.69) is 18.2 Å². The van der Waals surface area contributed by atoms with E-state index in [0.717, 1.165) is 0 Å². The lowest BCUT2D eigenvalue weighted by molar-refractivity contribution is 0.218. The Balaban J connectivity index is 4.16. The van der Waals surface area contributed by atoms with Crippen molar-refractivity contribution in [1.82, 2.24) is 4.90 Å². The van der Waals surface area contributed by atoms with Crippen LogP contribution in [0.1, 0.15) is 6.92 Å². The van der Waals surface area contributed by atoms with Gasteiger partial charge in [-0.1, -0.05) is 12.2 Å². The fraction of sp³-hybridized carbons (Fsp3) is 0.333. The molecular weight excluding hydrogens is 152 g/mol. The summed E-state index contributed by atoms with van der Waals surface area (Å²) in [6.07, 6.45) is 4.79. The van der Waals surface area contributed by atoms with Gasteiger partial charge in [0.05, 0.1) is 0 Å². The molecule has 0 aliphatic heterocycles. The van der Waals surface area contributed by atoms with Crippen LogP contribution in [0.25, 0.3) is 0 Å². The summed E-state index contributed by atoms with van der Waals surface area (Å²) in [6, 6.07) is -0.252. The van der Waals surface area contributed by atoms with E-state index in [9.17, 15) is 4.79 Å². The molecule has 3 nitrogen and oxygen atoms in total. The van der Waals surface area contributed by atoms with Crippen molar-refractivity contribution < 1.29 is 4.79 Å². The summed E-state index contributed by atoms with van der Waals surface area (Å²) in [5, 5.41) is 0. The summed E-state index contributed by atoms with van der Waals surface area (Å²) >= 11 is 0. The van der Waals surface area contributed by atoms with Crippen LogP contribution in [0.5, 0.6) is 0 Å². The van der Waals surface area contributed by atoms with Crippen LogP contribution in [0, 0.1) is 0 Å². The molecule has 0 rings (SSSR count). The Hall–Kier alpha value is -1.38. The number of aliphatic imine (C=N–C) groups is 1. The summed E-state index contributed by atoms with van der Waals surface area (Å²) < 4.78 is 0. The third-order valence-electron chi connectivity index (χ3n) is 1.21. The van der Waals surface area contributed by atoms with E-state index in [4.69, 9.17) is 0 Å². The molecule has 0 heterocycles. The lowest BCUT2D eigenvalue weighted by Crippen LogP contribution is -2.28. The summed E-state index contributed by atoms with van der Waals surface area (Å²) in [6.45, 7) is 9.80. The highest BCUT2D eigenvalue weighted by Gasteiger charge is 2.06. The fourth-order valence-corrected chi connectivity index (χ4v) is 0.734. The molecule has 0 aromatic heterocycles. The van der Waals surface area contributed by atoms with Gasteiger partial charge in [-0.3, -0.25) is 0 Å². The molecule has 0 atom stereocenters. The van der Waals surface area contributed by atoms with E-state index in [1.54, 1.807) is 24.0 Å². The van der Waals surface area contributed by atoms with E-state index >= 15 is 0 Å². The average molecular weight is 166 g/mol. The summed E-state index contributed by atoms with van der Waals surface area (Å²) in [5.41, 5.74) is 0. The quantitative estimate of drug-likeness (QED) is 0.463. The summed E-state index contributed by atoms with van der Waals surface area (Å²) in [5.74, 6) is 0. The van der Waals surface area contributed by atoms with Crippen molar-refractivity contribution in [3.8, 4) is 0 Å². The van der Waals surface area contributed by atoms with Crippen LogP contribution in [-0.4, -0.2) is 30.2 Å². The monoisotopic (exact) mass is 166 g/mol. The minimum absolute atomic E-state index is 0.252. The summed E-state index contributed by atoms with van der Waals surface area (Å²) in [4.78, 5) is 16.3. The minimum atomic E-state index is -0.252. The van der Waals surface area contributed by atoms with Gasteiger partial charge in [-0.15, -0.1) is 13.2 Å². The molecule has 0 spiro atoms. The van der Waals surface area contributed by atoms with Crippen LogP contribution >= 0.6 is 0 Å². The van der Waals surface area contributed by atoms with Gasteiger partial charge in [0.25, 0.3) is 0 Å². The highest BCUT2D eigenvalue weighted by molar-refractivity contribution is 5.83. The second kappa shape index (κ2) is 6.34. The zero-order valence-corrected chi connectivity index (χ0v) is 7.36. The third kappa shape index (κ3) is 3.71. The smallest absolute Gasteiger partial charge is 0.315 e. The van der Waals surface area contributed by atoms with Crippen LogP contribution in [0.15, 0.2) is 30.3 Å². The molecule has 0 saturated heterocycles. The maximum Gasteiger partial charge on any atom is 0.343 e. The highest BCUT2D eigenvalue weighted by atomic mass is 16.2. The molecule has 3 heteroatoms. The van der Waals surface area contributed by atoms with Gasteiger partial charge in [-0.25, -0.2) is 9.79 Å². The first-order valence-electron chi connectivity index (χ1n) is 3.75. The van der Waals surface area contributed by atoms with Crippen LogP contribution in [0.4, 0.5) is 4.79 Å². The average Bonchev–Trinajstić information content (AvgIpc) is 2.04. The number of urea groups is 1. The van der Waals surface area contributed by atoms with Gasteiger partial charge in [0.2, 0.25) is 0 Å². The van der Waals surface area contributed by atoms with Gasteiger partial charge in [0.15, 0.2) is 0 Å². The zero-order valence-electron chi connectivity index (χ0n) is 7.36. The van der Waals surface area contributed by atoms with Gasteiger partial charge >= 0.3 is 6.03 Å². The first kappa shape index (κ1) is 10.6. The number of hydrogen-bond donors (Lipinski definition) is 0. The van der Waals surface area contributed by atoms with Gasteiger partial charge in [-0.2, -0.15) is 0 Å². The second-order valence-corrected chi connectivity index (χ2v) is 2.15. The topological polar surface area (TPSA) is 32.7 Å². The molecule has 66 valence electrons. The Morgan fingerprint density at radius 1 is 1.42 bits per heavy atom. The molecule has 0 bridgehead atoms. The zero-order chi connectivity index (χ0) is 9.40. The van der Waals surface area contributed by atoms with Gasteiger partial charge in [0.1, 0.15) is 0 Å². The minimum Gasteiger partial charge on any atom is -0.315 e. The number of nitrogens with zero attached hydrogens (tertiary/aromatic N) is 2. The third-order valence-corrected chi connectivity index (χ3v) is 1.21. The molecular formula is C9H14N2O. The van der Waals surface area contributed by atoms with Crippen LogP contribution in [0.3, 0.4) is 0 Å². The highest BCUT2D eigenvalue weighted by Crippen LogP contribution is 1.93. The van der Waals surface area contributed by atoms with Crippen LogP contribution < -0.4 is 0 Å². The lowest BCUT2D eigenvalue weighted by Gasteiger charge is -2.15. The lowest BCUT2D eigenvalue weighted by atomic mass is 10.5. The van der Waals surface area contributed by atoms with Crippen molar-refractivity contribution in [3.63, 3.8) is 0 Å². The van der Waals surface area contributed by atoms with E-state index in [0.29, 0.717) is 13.1 Å². The van der Waals surface area contributed by atoms with E-state index in [1.165, 1.54) is 6.21 Å². The normalized spacial score (nSPS) is 9.75. The first-order valence-corrected chi connectivity index (χ1v) is 3.75. The molecule has 0 unspecified atom stereocenters. The molecule has 0 radical (unpaired) electrons. The molecule has 0 aromatic rings. The standard InChI is InChI=1S/C9H14N2O/c1-4-7-11(8-5-2)9(12)10-6-3/h4-6H,1-2,7-8H2,3H3/b10-6+. The van der Waals surface area contributed by atoms with Crippen LogP contribution in [-0.2, 0) is 0 Å². The molecule has 0 aromatic carbocycles. The SMILES string of the molecule is C=CCN(CC=C)C(=O)/N=C/C. The molecule has 0 fully saturated rings. The number of carbonyl (C=O) groups excluding carboxylic acids is 1. The Morgan fingerprint density at radius 2 is 1.92 bits per heavy atom. The Kier molecular flexibility index (Phi) is 5.61. The summed E-state index contributed by atoms with van der Waals surface area (Å²) in [7, 11) is 0. The Labute approximate surface area is 73.1 Å². The first-order chi connectivity index (χ1) is 5.76. The predicted molar refractivity (Wildman–Crippen MR) is 51.5 cm³/mol. The number of rotatable bonds is 4. The maximum absolute atomic E-state index is 11.2. The van der Waals surface area contributed by atoms with Crippen LogP contribution in [0.2, 0.25) is 0 Å². The largest absolute Gasteiger partial charge is 0.343 e. The van der Waals surface area contributed by atoms with E-state index in [-0.39, 0.29) is 6.03 Å². The van der Waals surface area contributed by atoms with Gasteiger partial charge in [-0.05, 0) is 6.92 Å². The Morgan fingerprint density at radius 3 is 2.25 bits per heavy atom. The van der Waals surface area contributed by atoms with Gasteiger partial charge in [0, 0.05) is 19.3 Å². The number of hydrogen-bond acceptors (Lipinski definition) is 1. The second-order valence-electron chi connectivity index (χ2n) is 2.15. The van der Waals surface area contributed by atoms with E-state index < -0.39 is 0 Å². The van der Waals surface area contributed by atoms with Crippen molar-refractivity contribution in [3.05, 3.63) is 25.3 Å². The number of amides is 2. The molecule has 0 aliphatic rings. The molecule has 2 amide bonds. The number of carbonyl (C=O) groups is 1. The Bertz CT molecular complexity index is 187. The van der Waals surface area contributed by atoms with Crippen molar-refractivity contribution in [2.24, 2.45) is 4.99 Å². The fourth-order valence-electron chi connectivity index (χ4n) is 0.734. The molecule has 0 saturated carbocycles.